The van der Waals surface area contributed by atoms with E-state index in [-0.39, 0.29) is 17.8 Å². The molecule has 0 saturated carbocycles. The van der Waals surface area contributed by atoms with Crippen molar-refractivity contribution < 1.29 is 14.1 Å². The van der Waals surface area contributed by atoms with Crippen LogP contribution in [0, 0.1) is 21.4 Å². The van der Waals surface area contributed by atoms with Crippen molar-refractivity contribution in [3.8, 4) is 23.0 Å². The highest BCUT2D eigenvalue weighted by molar-refractivity contribution is 6.02. The molecule has 0 bridgehead atoms. The topological polar surface area (TPSA) is 127 Å². The summed E-state index contributed by atoms with van der Waals surface area (Å²) in [4.78, 5) is 23.3. The van der Waals surface area contributed by atoms with E-state index in [0.717, 1.165) is 5.69 Å². The molecule has 0 unspecified atom stereocenters. The normalized spacial score (nSPS) is 11.1. The number of hydrogen-bond donors (Lipinski definition) is 1. The van der Waals surface area contributed by atoms with E-state index in [1.807, 2.05) is 36.4 Å². The average molecular weight is 439 g/mol. The molecule has 0 spiro atoms. The van der Waals surface area contributed by atoms with E-state index in [4.69, 9.17) is 4.42 Å². The summed E-state index contributed by atoms with van der Waals surface area (Å²) in [6.45, 7) is 0.131. The van der Waals surface area contributed by atoms with E-state index < -0.39 is 10.8 Å². The minimum Gasteiger partial charge on any atom is -0.467 e. The molecule has 9 heteroatoms. The van der Waals surface area contributed by atoms with Crippen molar-refractivity contribution in [1.82, 2.24) is 15.1 Å². The van der Waals surface area contributed by atoms with Crippen molar-refractivity contribution in [2.24, 2.45) is 0 Å². The third-order valence-electron chi connectivity index (χ3n) is 4.76. The van der Waals surface area contributed by atoms with Crippen molar-refractivity contribution in [1.29, 1.82) is 5.26 Å². The number of carbonyl (C=O) groups is 1. The van der Waals surface area contributed by atoms with Crippen LogP contribution < -0.4 is 5.32 Å². The number of nitrogens with zero attached hydrogens (tertiary/aromatic N) is 4. The Balaban J connectivity index is 1.74. The summed E-state index contributed by atoms with van der Waals surface area (Å²) in [5.41, 5.74) is 1.87. The van der Waals surface area contributed by atoms with Crippen molar-refractivity contribution in [2.45, 2.75) is 6.54 Å². The Hall–Kier alpha value is -4.97. The Kier molecular flexibility index (Phi) is 6.09. The minimum absolute atomic E-state index is 0.0895. The predicted molar refractivity (Wildman–Crippen MR) is 120 cm³/mol. The molecule has 9 nitrogen and oxygen atoms in total. The van der Waals surface area contributed by atoms with Gasteiger partial charge in [-0.15, -0.1) is 0 Å². The number of rotatable bonds is 7. The number of para-hydroxylation sites is 1. The Morgan fingerprint density at radius 1 is 1.18 bits per heavy atom. The smallest absolute Gasteiger partial charge is 0.270 e. The van der Waals surface area contributed by atoms with Crippen LogP contribution in [0.1, 0.15) is 11.3 Å². The first-order valence-electron chi connectivity index (χ1n) is 9.87. The average Bonchev–Trinajstić information content (AvgIpc) is 3.52. The Morgan fingerprint density at radius 2 is 2.00 bits per heavy atom. The number of nitro benzene ring substituents is 1. The van der Waals surface area contributed by atoms with E-state index in [1.54, 1.807) is 35.1 Å². The number of amides is 1. The molecule has 0 atom stereocenters. The number of nitriles is 1. The molecule has 0 aliphatic heterocycles. The zero-order valence-electron chi connectivity index (χ0n) is 17.2. The molecule has 2 heterocycles. The number of nitrogens with one attached hydrogen (secondary N) is 1. The Bertz CT molecular complexity index is 1370. The van der Waals surface area contributed by atoms with Crippen LogP contribution in [-0.4, -0.2) is 20.6 Å². The van der Waals surface area contributed by atoms with Crippen molar-refractivity contribution >= 4 is 17.7 Å². The fraction of sp³-hybridized carbons (Fsp3) is 0.0417. The molecule has 4 aromatic rings. The fourth-order valence-corrected chi connectivity index (χ4v) is 3.18. The number of hydrogen-bond acceptors (Lipinski definition) is 6. The summed E-state index contributed by atoms with van der Waals surface area (Å²) in [6.07, 6.45) is 4.57. The molecule has 162 valence electrons. The monoisotopic (exact) mass is 439 g/mol. The summed E-state index contributed by atoms with van der Waals surface area (Å²) in [7, 11) is 0. The Morgan fingerprint density at radius 3 is 2.70 bits per heavy atom. The zero-order valence-corrected chi connectivity index (χ0v) is 17.2. The number of non-ortho nitro benzene ring substituents is 1. The lowest BCUT2D eigenvalue weighted by Crippen LogP contribution is -2.23. The predicted octanol–water partition coefficient (Wildman–Crippen LogP) is 4.26. The highest BCUT2D eigenvalue weighted by Gasteiger charge is 2.17. The molecule has 1 amide bonds. The van der Waals surface area contributed by atoms with Crippen LogP contribution in [-0.2, 0) is 11.3 Å². The van der Waals surface area contributed by atoms with E-state index in [1.165, 1.54) is 24.5 Å². The van der Waals surface area contributed by atoms with Gasteiger partial charge in [-0.1, -0.05) is 30.3 Å². The van der Waals surface area contributed by atoms with Gasteiger partial charge in [0.1, 0.15) is 23.1 Å². The molecule has 2 aromatic carbocycles. The molecule has 0 fully saturated rings. The van der Waals surface area contributed by atoms with Gasteiger partial charge in [-0.3, -0.25) is 14.9 Å². The van der Waals surface area contributed by atoms with Gasteiger partial charge in [0.2, 0.25) is 0 Å². The number of furan rings is 1. The summed E-state index contributed by atoms with van der Waals surface area (Å²) in [5, 5.41) is 28.1. The lowest BCUT2D eigenvalue weighted by molar-refractivity contribution is -0.384. The van der Waals surface area contributed by atoms with Crippen LogP contribution in [0.3, 0.4) is 0 Å². The van der Waals surface area contributed by atoms with Gasteiger partial charge in [-0.05, 0) is 30.3 Å². The quantitative estimate of drug-likeness (QED) is 0.198. The maximum Gasteiger partial charge on any atom is 0.270 e. The first-order valence-corrected chi connectivity index (χ1v) is 9.87. The van der Waals surface area contributed by atoms with Gasteiger partial charge in [0.05, 0.1) is 23.4 Å². The molecule has 0 radical (unpaired) electrons. The summed E-state index contributed by atoms with van der Waals surface area (Å²) >= 11 is 0. The maximum absolute atomic E-state index is 12.6. The van der Waals surface area contributed by atoms with Crippen LogP contribution in [0.5, 0.6) is 0 Å². The van der Waals surface area contributed by atoms with Gasteiger partial charge < -0.3 is 9.73 Å². The molecule has 0 aliphatic rings. The van der Waals surface area contributed by atoms with Gasteiger partial charge in [0.25, 0.3) is 11.6 Å². The summed E-state index contributed by atoms with van der Waals surface area (Å²) in [5.74, 6) is -0.0267. The Labute approximate surface area is 188 Å². The molecule has 0 aliphatic carbocycles. The van der Waals surface area contributed by atoms with E-state index in [9.17, 15) is 20.2 Å². The minimum atomic E-state index is -0.577. The number of nitro groups is 1. The first kappa shape index (κ1) is 21.3. The van der Waals surface area contributed by atoms with Crippen LogP contribution >= 0.6 is 0 Å². The molecule has 2 aromatic heterocycles. The van der Waals surface area contributed by atoms with Gasteiger partial charge in [-0.2, -0.15) is 10.4 Å². The van der Waals surface area contributed by atoms with Crippen LogP contribution in [0.25, 0.3) is 23.0 Å². The maximum atomic E-state index is 12.6. The van der Waals surface area contributed by atoms with Gasteiger partial charge in [0.15, 0.2) is 0 Å². The second-order valence-corrected chi connectivity index (χ2v) is 6.95. The van der Waals surface area contributed by atoms with E-state index in [2.05, 4.69) is 10.4 Å². The van der Waals surface area contributed by atoms with Crippen LogP contribution in [0.4, 0.5) is 5.69 Å². The van der Waals surface area contributed by atoms with Crippen LogP contribution in [0.2, 0.25) is 0 Å². The van der Waals surface area contributed by atoms with Crippen molar-refractivity contribution in [3.63, 3.8) is 0 Å². The third-order valence-corrected chi connectivity index (χ3v) is 4.76. The number of aromatic nitrogens is 2. The fourth-order valence-electron chi connectivity index (χ4n) is 3.18. The zero-order chi connectivity index (χ0) is 23.2. The second-order valence-electron chi connectivity index (χ2n) is 6.95. The van der Waals surface area contributed by atoms with E-state index >= 15 is 0 Å². The standard InChI is InChI=1S/C24H17N5O4/c25-14-18(24(30)26-15-22-10-5-11-33-22)12-19-16-28(20-7-2-1-3-8-20)27-23(19)17-6-4-9-21(13-17)29(31)32/h1-13,16H,15H2,(H,26,30)/b18-12+. The molecule has 33 heavy (non-hydrogen) atoms. The molecular weight excluding hydrogens is 422 g/mol. The summed E-state index contributed by atoms with van der Waals surface area (Å²) in [6, 6.07) is 20.6. The van der Waals surface area contributed by atoms with Gasteiger partial charge >= 0.3 is 0 Å². The molecule has 4 rings (SSSR count). The SMILES string of the molecule is N#C/C(=C\c1cn(-c2ccccc2)nc1-c1cccc([N+](=O)[O-])c1)C(=O)NCc1ccco1. The van der Waals surface area contributed by atoms with Gasteiger partial charge in [-0.25, -0.2) is 4.68 Å². The third kappa shape index (κ3) is 4.86. The molecular formula is C24H17N5O4. The number of benzene rings is 2. The highest BCUT2D eigenvalue weighted by Crippen LogP contribution is 2.28. The first-order chi connectivity index (χ1) is 16.0. The largest absolute Gasteiger partial charge is 0.467 e. The van der Waals surface area contributed by atoms with Gasteiger partial charge in [0, 0.05) is 29.5 Å². The molecule has 1 N–H and O–H groups in total. The highest BCUT2D eigenvalue weighted by atomic mass is 16.6. The summed E-state index contributed by atoms with van der Waals surface area (Å²) < 4.78 is 6.78. The van der Waals surface area contributed by atoms with E-state index in [0.29, 0.717) is 22.6 Å². The van der Waals surface area contributed by atoms with Crippen LogP contribution in [0.15, 0.2) is 89.2 Å². The van der Waals surface area contributed by atoms with Crippen molar-refractivity contribution in [2.75, 3.05) is 0 Å². The lowest BCUT2D eigenvalue weighted by atomic mass is 10.1. The lowest BCUT2D eigenvalue weighted by Gasteiger charge is -2.03. The van der Waals surface area contributed by atoms with Crippen molar-refractivity contribution in [3.05, 3.63) is 106 Å². The molecule has 0 saturated heterocycles. The second kappa shape index (κ2) is 9.45. The number of carbonyl (C=O) groups excluding carboxylic acids is 1.